The number of aliphatic hydroxyl groups excluding tert-OH is 1. The number of hydrogen-bond donors (Lipinski definition) is 2. The molecule has 0 aromatic heterocycles. The van der Waals surface area contributed by atoms with Gasteiger partial charge in [-0.25, -0.2) is 0 Å². The van der Waals surface area contributed by atoms with Crippen LogP contribution in [0.5, 0.6) is 0 Å². The first kappa shape index (κ1) is 15.7. The van der Waals surface area contributed by atoms with Crippen LogP contribution in [0.15, 0.2) is 22.7 Å². The predicted octanol–water partition coefficient (Wildman–Crippen LogP) is 1.54. The largest absolute Gasteiger partial charge is 0.395 e. The van der Waals surface area contributed by atoms with Gasteiger partial charge in [-0.15, -0.1) is 0 Å². The van der Waals surface area contributed by atoms with Gasteiger partial charge in [-0.3, -0.25) is 9.59 Å². The third kappa shape index (κ3) is 4.33. The molecule has 0 fully saturated rings. The molecule has 1 aromatic rings. The van der Waals surface area contributed by atoms with Crippen molar-refractivity contribution in [1.82, 2.24) is 4.90 Å². The van der Waals surface area contributed by atoms with Gasteiger partial charge in [0.2, 0.25) is 0 Å². The van der Waals surface area contributed by atoms with Crippen molar-refractivity contribution in [2.45, 2.75) is 13.8 Å². The molecule has 6 heteroatoms. The van der Waals surface area contributed by atoms with E-state index in [1.807, 2.05) is 13.0 Å². The van der Waals surface area contributed by atoms with Gasteiger partial charge in [-0.1, -0.05) is 15.9 Å². The maximum Gasteiger partial charge on any atom is 0.313 e. The van der Waals surface area contributed by atoms with Crippen molar-refractivity contribution in [1.29, 1.82) is 0 Å². The van der Waals surface area contributed by atoms with Gasteiger partial charge in [0.05, 0.1) is 6.61 Å². The summed E-state index contributed by atoms with van der Waals surface area (Å²) in [6.07, 6.45) is 0. The number of nitrogens with zero attached hydrogens (tertiary/aromatic N) is 1. The van der Waals surface area contributed by atoms with Crippen molar-refractivity contribution in [3.8, 4) is 0 Å². The van der Waals surface area contributed by atoms with E-state index in [4.69, 9.17) is 5.11 Å². The molecule has 0 aliphatic rings. The van der Waals surface area contributed by atoms with Gasteiger partial charge in [-0.05, 0) is 37.6 Å². The van der Waals surface area contributed by atoms with E-state index in [1.54, 1.807) is 19.1 Å². The number of aryl methyl sites for hydroxylation is 1. The smallest absolute Gasteiger partial charge is 0.313 e. The molecule has 2 N–H and O–H groups in total. The summed E-state index contributed by atoms with van der Waals surface area (Å²) in [6, 6.07) is 5.37. The Morgan fingerprint density at radius 2 is 2.11 bits per heavy atom. The molecule has 0 saturated heterocycles. The zero-order valence-corrected chi connectivity index (χ0v) is 12.5. The fourth-order valence-electron chi connectivity index (χ4n) is 1.61. The van der Waals surface area contributed by atoms with Crippen molar-refractivity contribution in [2.75, 3.05) is 25.0 Å². The Labute approximate surface area is 120 Å². The minimum absolute atomic E-state index is 0.155. The maximum absolute atomic E-state index is 11.8. The molecular weight excluding hydrogens is 312 g/mol. The van der Waals surface area contributed by atoms with E-state index < -0.39 is 11.8 Å². The van der Waals surface area contributed by atoms with Crippen LogP contribution < -0.4 is 5.32 Å². The van der Waals surface area contributed by atoms with Crippen LogP contribution in [-0.2, 0) is 9.59 Å². The van der Waals surface area contributed by atoms with E-state index in [-0.39, 0.29) is 13.2 Å². The molecule has 2 amide bonds. The first-order valence-electron chi connectivity index (χ1n) is 5.96. The van der Waals surface area contributed by atoms with Gasteiger partial charge in [0, 0.05) is 23.2 Å². The number of carbonyl (C=O) groups is 2. The van der Waals surface area contributed by atoms with Crippen molar-refractivity contribution < 1.29 is 14.7 Å². The second-order valence-electron chi connectivity index (χ2n) is 4.02. The van der Waals surface area contributed by atoms with Crippen LogP contribution in [0, 0.1) is 6.92 Å². The molecule has 0 bridgehead atoms. The van der Waals surface area contributed by atoms with E-state index in [9.17, 15) is 9.59 Å². The lowest BCUT2D eigenvalue weighted by Gasteiger charge is -2.19. The zero-order valence-electron chi connectivity index (χ0n) is 10.9. The molecule has 0 unspecified atom stereocenters. The number of nitrogens with one attached hydrogen (secondary N) is 1. The first-order chi connectivity index (χ1) is 8.99. The molecule has 19 heavy (non-hydrogen) atoms. The molecule has 0 aliphatic carbocycles. The molecule has 5 nitrogen and oxygen atoms in total. The molecule has 1 aromatic carbocycles. The highest BCUT2D eigenvalue weighted by Gasteiger charge is 2.20. The number of halogens is 1. The summed E-state index contributed by atoms with van der Waals surface area (Å²) in [7, 11) is 0. The predicted molar refractivity (Wildman–Crippen MR) is 76.8 cm³/mol. The van der Waals surface area contributed by atoms with Crippen LogP contribution >= 0.6 is 15.9 Å². The summed E-state index contributed by atoms with van der Waals surface area (Å²) in [4.78, 5) is 25.0. The fourth-order valence-corrected chi connectivity index (χ4v) is 2.09. The Hall–Kier alpha value is -1.40. The summed E-state index contributed by atoms with van der Waals surface area (Å²) >= 11 is 3.33. The lowest BCUT2D eigenvalue weighted by Crippen LogP contribution is -2.41. The van der Waals surface area contributed by atoms with Crippen molar-refractivity contribution in [3.05, 3.63) is 28.2 Å². The first-order valence-corrected chi connectivity index (χ1v) is 6.76. The number of anilines is 1. The molecule has 1 rings (SSSR count). The number of benzene rings is 1. The SMILES string of the molecule is CCN(CCO)C(=O)C(=O)Nc1ccc(Br)cc1C. The Morgan fingerprint density at radius 1 is 1.42 bits per heavy atom. The standard InChI is InChI=1S/C13H17BrN2O3/c1-3-16(6-7-17)13(19)12(18)15-11-5-4-10(14)8-9(11)2/h4-5,8,17H,3,6-7H2,1-2H3,(H,15,18). The van der Waals surface area contributed by atoms with E-state index in [1.165, 1.54) is 4.90 Å². The highest BCUT2D eigenvalue weighted by atomic mass is 79.9. The van der Waals surface area contributed by atoms with Crippen LogP contribution in [0.2, 0.25) is 0 Å². The summed E-state index contributed by atoms with van der Waals surface area (Å²) in [5.41, 5.74) is 1.46. The number of rotatable bonds is 4. The van der Waals surface area contributed by atoms with Crippen molar-refractivity contribution in [3.63, 3.8) is 0 Å². The second kappa shape index (κ2) is 7.25. The lowest BCUT2D eigenvalue weighted by atomic mass is 10.2. The van der Waals surface area contributed by atoms with E-state index in [0.717, 1.165) is 10.0 Å². The van der Waals surface area contributed by atoms with Gasteiger partial charge in [0.25, 0.3) is 0 Å². The average Bonchev–Trinajstić information content (AvgIpc) is 2.38. The van der Waals surface area contributed by atoms with Crippen LogP contribution in [0.25, 0.3) is 0 Å². The topological polar surface area (TPSA) is 69.6 Å². The maximum atomic E-state index is 11.8. The van der Waals surface area contributed by atoms with Crippen molar-refractivity contribution in [2.24, 2.45) is 0 Å². The summed E-state index contributed by atoms with van der Waals surface area (Å²) in [5.74, 6) is -1.33. The molecule has 0 heterocycles. The monoisotopic (exact) mass is 328 g/mol. The quantitative estimate of drug-likeness (QED) is 0.823. The van der Waals surface area contributed by atoms with Crippen LogP contribution in [0.3, 0.4) is 0 Å². The minimum atomic E-state index is -0.694. The number of hydrogen-bond acceptors (Lipinski definition) is 3. The summed E-state index contributed by atoms with van der Waals surface area (Å²) in [5, 5.41) is 11.4. The number of amides is 2. The van der Waals surface area contributed by atoms with Crippen molar-refractivity contribution >= 4 is 33.4 Å². The Morgan fingerprint density at radius 3 is 2.63 bits per heavy atom. The molecule has 104 valence electrons. The molecule has 0 spiro atoms. The number of likely N-dealkylation sites (N-methyl/N-ethyl adjacent to an activating group) is 1. The highest BCUT2D eigenvalue weighted by molar-refractivity contribution is 9.10. The number of aliphatic hydroxyl groups is 1. The van der Waals surface area contributed by atoms with Crippen LogP contribution in [-0.4, -0.2) is 41.5 Å². The van der Waals surface area contributed by atoms with Gasteiger partial charge in [-0.2, -0.15) is 0 Å². The normalized spacial score (nSPS) is 10.1. The van der Waals surface area contributed by atoms with E-state index in [2.05, 4.69) is 21.2 Å². The fraction of sp³-hybridized carbons (Fsp3) is 0.385. The van der Waals surface area contributed by atoms with Crippen LogP contribution in [0.4, 0.5) is 5.69 Å². The molecule has 0 saturated carbocycles. The molecular formula is C13H17BrN2O3. The third-order valence-corrected chi connectivity index (χ3v) is 3.16. The Bertz CT molecular complexity index is 477. The molecule has 0 radical (unpaired) electrons. The van der Waals surface area contributed by atoms with Gasteiger partial charge < -0.3 is 15.3 Å². The van der Waals surface area contributed by atoms with E-state index in [0.29, 0.717) is 12.2 Å². The summed E-state index contributed by atoms with van der Waals surface area (Å²) < 4.78 is 0.907. The molecule has 0 aliphatic heterocycles. The Balaban J connectivity index is 2.76. The average molecular weight is 329 g/mol. The van der Waals surface area contributed by atoms with Gasteiger partial charge in [0.1, 0.15) is 0 Å². The van der Waals surface area contributed by atoms with Crippen LogP contribution in [0.1, 0.15) is 12.5 Å². The van der Waals surface area contributed by atoms with Gasteiger partial charge in [0.15, 0.2) is 0 Å². The highest BCUT2D eigenvalue weighted by Crippen LogP contribution is 2.19. The zero-order chi connectivity index (χ0) is 14.4. The lowest BCUT2D eigenvalue weighted by molar-refractivity contribution is -0.143. The second-order valence-corrected chi connectivity index (χ2v) is 4.94. The number of carbonyl (C=O) groups excluding carboxylic acids is 2. The molecule has 0 atom stereocenters. The Kier molecular flexibility index (Phi) is 5.98. The van der Waals surface area contributed by atoms with E-state index >= 15 is 0 Å². The summed E-state index contributed by atoms with van der Waals surface area (Å²) in [6.45, 7) is 3.97. The third-order valence-electron chi connectivity index (χ3n) is 2.67. The minimum Gasteiger partial charge on any atom is -0.395 e. The van der Waals surface area contributed by atoms with Gasteiger partial charge >= 0.3 is 11.8 Å².